The Hall–Kier alpha value is -4.31. The summed E-state index contributed by atoms with van der Waals surface area (Å²) in [5, 5.41) is 13.6. The number of ether oxygens (including phenoxy) is 1. The van der Waals surface area contributed by atoms with Gasteiger partial charge in [-0.25, -0.2) is 4.79 Å². The molecule has 0 saturated heterocycles. The van der Waals surface area contributed by atoms with Gasteiger partial charge in [0, 0.05) is 0 Å². The van der Waals surface area contributed by atoms with Crippen LogP contribution in [-0.2, 0) is 57.1 Å². The van der Waals surface area contributed by atoms with Gasteiger partial charge in [0.1, 0.15) is 6.61 Å². The third-order valence-corrected chi connectivity index (χ3v) is 9.99. The first-order chi connectivity index (χ1) is 27.6. The van der Waals surface area contributed by atoms with Gasteiger partial charge in [-0.15, -0.1) is 0 Å². The maximum Gasteiger partial charge on any atom is 0.416 e. The average Bonchev–Trinajstić information content (AvgIpc) is 3.24. The molecule has 11 heteroatoms. The number of hydrogen-bond acceptors (Lipinski definition) is 6. The minimum Gasteiger partial charge on any atom is -0.445 e. The second kappa shape index (κ2) is 25.8. The fraction of sp³-hybridized carbons (Fsp3) is 0.370. The molecule has 0 saturated carbocycles. The highest BCUT2D eigenvalue weighted by Gasteiger charge is 2.36. The van der Waals surface area contributed by atoms with Crippen LogP contribution in [0.2, 0.25) is 0 Å². The third-order valence-electron chi connectivity index (χ3n) is 8.97. The molecule has 0 spiro atoms. The number of unbranched alkanes of at least 4 members (excludes halogenated alkanes) is 1. The summed E-state index contributed by atoms with van der Waals surface area (Å²) in [6.07, 6.45) is 3.20. The number of amides is 1. The SMILES string of the molecule is C/C=C\C(=C/C)CCCCc1ccc(CCC(CO)(COP(OCc2ccccc2)OCc2ccccc2)NC(=O)OCc2ccccc2)cc1C(F)(F)F.CC. The smallest absolute Gasteiger partial charge is 0.416 e. The number of benzene rings is 4. The number of hydrogen-bond donors (Lipinski definition) is 2. The van der Waals surface area contributed by atoms with E-state index in [1.807, 2.05) is 137 Å². The summed E-state index contributed by atoms with van der Waals surface area (Å²) in [4.78, 5) is 13.2. The molecule has 4 aromatic carbocycles. The molecule has 0 aliphatic carbocycles. The van der Waals surface area contributed by atoms with E-state index in [4.69, 9.17) is 18.3 Å². The third kappa shape index (κ3) is 17.4. The number of halogens is 3. The highest BCUT2D eigenvalue weighted by molar-refractivity contribution is 7.41. The fourth-order valence-electron chi connectivity index (χ4n) is 5.83. The van der Waals surface area contributed by atoms with Crippen LogP contribution in [0.3, 0.4) is 0 Å². The van der Waals surface area contributed by atoms with Crippen LogP contribution in [0, 0.1) is 0 Å². The predicted octanol–water partition coefficient (Wildman–Crippen LogP) is 12.2. The first-order valence-corrected chi connectivity index (χ1v) is 20.6. The molecule has 0 aromatic heterocycles. The van der Waals surface area contributed by atoms with Crippen molar-refractivity contribution >= 4 is 14.7 Å². The van der Waals surface area contributed by atoms with Crippen molar-refractivity contribution in [2.24, 2.45) is 0 Å². The zero-order valence-electron chi connectivity index (χ0n) is 33.5. The minimum absolute atomic E-state index is 0.0239. The topological polar surface area (TPSA) is 86.3 Å². The lowest BCUT2D eigenvalue weighted by molar-refractivity contribution is -0.138. The lowest BCUT2D eigenvalue weighted by Gasteiger charge is -2.33. The number of alkyl halides is 3. The van der Waals surface area contributed by atoms with Crippen molar-refractivity contribution < 1.29 is 41.4 Å². The van der Waals surface area contributed by atoms with Crippen LogP contribution in [0.4, 0.5) is 18.0 Å². The van der Waals surface area contributed by atoms with E-state index in [1.54, 1.807) is 6.07 Å². The molecule has 4 rings (SSSR count). The highest BCUT2D eigenvalue weighted by atomic mass is 31.2. The Bertz CT molecular complexity index is 1730. The zero-order chi connectivity index (χ0) is 41.4. The van der Waals surface area contributed by atoms with Crippen LogP contribution in [-0.4, -0.2) is 30.0 Å². The van der Waals surface area contributed by atoms with Crippen LogP contribution < -0.4 is 5.32 Å². The number of aryl methyl sites for hydroxylation is 2. The number of aliphatic hydroxyl groups is 1. The van der Waals surface area contributed by atoms with Gasteiger partial charge in [0.15, 0.2) is 0 Å². The summed E-state index contributed by atoms with van der Waals surface area (Å²) in [7, 11) is -2.01. The van der Waals surface area contributed by atoms with Crippen molar-refractivity contribution in [3.8, 4) is 0 Å². The molecule has 2 N–H and O–H groups in total. The summed E-state index contributed by atoms with van der Waals surface area (Å²) in [6.45, 7) is 7.36. The standard InChI is InChI=1S/C44H51F3NO6P.C2H6/c1-3-16-35(4-2)17-14-15-24-40-26-25-36(29-41(40)44(45,46)47)27-28-43(33-49,48-42(50)51-30-37-18-8-5-9-19-37)34-54-55(52-31-38-20-10-6-11-21-38)53-32-39-22-12-7-13-23-39;1-2/h3-13,16,18-23,25-26,29,49H,14-15,17,24,27-28,30-34H2,1-2H3,(H,48,50);1-2H3/b16-3-,35-4+;. The van der Waals surface area contributed by atoms with E-state index in [0.717, 1.165) is 35.1 Å². The van der Waals surface area contributed by atoms with Crippen molar-refractivity contribution in [1.29, 1.82) is 0 Å². The van der Waals surface area contributed by atoms with Gasteiger partial charge in [-0.05, 0) is 86.3 Å². The number of allylic oxidation sites excluding steroid dienone is 4. The molecular formula is C46H57F3NO6P. The van der Waals surface area contributed by atoms with E-state index in [2.05, 4.69) is 5.32 Å². The van der Waals surface area contributed by atoms with Gasteiger partial charge >= 0.3 is 20.9 Å². The molecule has 0 aliphatic rings. The van der Waals surface area contributed by atoms with Gasteiger partial charge in [0.05, 0.1) is 37.5 Å². The first-order valence-electron chi connectivity index (χ1n) is 19.5. The number of aliphatic hydroxyl groups excluding tert-OH is 1. The van der Waals surface area contributed by atoms with E-state index >= 15 is 0 Å². The largest absolute Gasteiger partial charge is 0.445 e. The normalized spacial score (nSPS) is 12.9. The highest BCUT2D eigenvalue weighted by Crippen LogP contribution is 2.43. The molecule has 308 valence electrons. The molecule has 0 fully saturated rings. The number of nitrogens with one attached hydrogen (secondary N) is 1. The fourth-order valence-corrected chi connectivity index (χ4v) is 6.91. The molecule has 4 aromatic rings. The lowest BCUT2D eigenvalue weighted by atomic mass is 9.90. The van der Waals surface area contributed by atoms with Gasteiger partial charge in [0.25, 0.3) is 0 Å². The Labute approximate surface area is 337 Å². The van der Waals surface area contributed by atoms with Crippen molar-refractivity contribution in [3.63, 3.8) is 0 Å². The Morgan fingerprint density at radius 2 is 1.30 bits per heavy atom. The van der Waals surface area contributed by atoms with E-state index in [9.17, 15) is 23.1 Å². The Kier molecular flexibility index (Phi) is 21.3. The number of alkyl carbamates (subject to hydrolysis) is 1. The second-order valence-electron chi connectivity index (χ2n) is 13.2. The lowest BCUT2D eigenvalue weighted by Crippen LogP contribution is -2.55. The van der Waals surface area contributed by atoms with Crippen molar-refractivity contribution in [2.75, 3.05) is 13.2 Å². The van der Waals surface area contributed by atoms with Gasteiger partial charge < -0.3 is 28.7 Å². The van der Waals surface area contributed by atoms with Gasteiger partial charge in [-0.1, -0.05) is 141 Å². The van der Waals surface area contributed by atoms with E-state index < -0.39 is 38.6 Å². The van der Waals surface area contributed by atoms with Crippen LogP contribution in [0.5, 0.6) is 0 Å². The first kappa shape index (κ1) is 47.1. The Morgan fingerprint density at radius 1 is 0.737 bits per heavy atom. The monoisotopic (exact) mass is 807 g/mol. The summed E-state index contributed by atoms with van der Waals surface area (Å²) in [5.41, 5.74) is 2.18. The number of carbonyl (C=O) groups is 1. The summed E-state index contributed by atoms with van der Waals surface area (Å²) in [5.74, 6) is 0. The molecule has 57 heavy (non-hydrogen) atoms. The second-order valence-corrected chi connectivity index (χ2v) is 14.4. The minimum atomic E-state index is -4.55. The van der Waals surface area contributed by atoms with E-state index in [-0.39, 0.29) is 44.8 Å². The molecular weight excluding hydrogens is 750 g/mol. The summed E-state index contributed by atoms with van der Waals surface area (Å²) >= 11 is 0. The molecule has 1 unspecified atom stereocenters. The Morgan fingerprint density at radius 3 is 1.81 bits per heavy atom. The molecule has 1 atom stereocenters. The van der Waals surface area contributed by atoms with Gasteiger partial charge in [-0.3, -0.25) is 0 Å². The molecule has 7 nitrogen and oxygen atoms in total. The molecule has 1 amide bonds. The van der Waals surface area contributed by atoms with E-state index in [1.165, 1.54) is 12.1 Å². The summed E-state index contributed by atoms with van der Waals surface area (Å²) in [6, 6.07) is 32.4. The maximum absolute atomic E-state index is 14.4. The van der Waals surface area contributed by atoms with E-state index in [0.29, 0.717) is 18.4 Å². The zero-order valence-corrected chi connectivity index (χ0v) is 34.4. The molecule has 0 bridgehead atoms. The maximum atomic E-state index is 14.4. The van der Waals surface area contributed by atoms with Crippen molar-refractivity contribution in [2.45, 2.75) is 97.8 Å². The predicted molar refractivity (Wildman–Crippen MR) is 222 cm³/mol. The molecule has 0 aliphatic heterocycles. The van der Waals surface area contributed by atoms with Crippen molar-refractivity contribution in [1.82, 2.24) is 5.32 Å². The summed E-state index contributed by atoms with van der Waals surface area (Å²) < 4.78 is 66.9. The van der Waals surface area contributed by atoms with Crippen LogP contribution in [0.1, 0.15) is 86.8 Å². The van der Waals surface area contributed by atoms with Crippen molar-refractivity contribution in [3.05, 3.63) is 166 Å². The molecule has 0 radical (unpaired) electrons. The number of rotatable bonds is 22. The quantitative estimate of drug-likeness (QED) is 0.0467. The molecule has 0 heterocycles. The average molecular weight is 808 g/mol. The number of carbonyl (C=O) groups excluding carboxylic acids is 1. The van der Waals surface area contributed by atoms with Crippen LogP contribution in [0.25, 0.3) is 0 Å². The van der Waals surface area contributed by atoms with Gasteiger partial charge in [0.2, 0.25) is 0 Å². The van der Waals surface area contributed by atoms with Crippen LogP contribution >= 0.6 is 8.60 Å². The van der Waals surface area contributed by atoms with Crippen LogP contribution in [0.15, 0.2) is 133 Å². The van der Waals surface area contributed by atoms with Gasteiger partial charge in [-0.2, -0.15) is 13.2 Å². The Balaban J connectivity index is 0.00000428.